The number of hydrogen-bond donors (Lipinski definition) is 1. The lowest BCUT2D eigenvalue weighted by Crippen LogP contribution is -2.10. The molecule has 0 aromatic carbocycles. The summed E-state index contributed by atoms with van der Waals surface area (Å²) in [6.45, 7) is 12.6. The molecule has 1 aliphatic heterocycles. The second kappa shape index (κ2) is 6.19. The highest BCUT2D eigenvalue weighted by atomic mass is 14.9. The van der Waals surface area contributed by atoms with Crippen LogP contribution in [-0.4, -0.2) is 12.4 Å². The van der Waals surface area contributed by atoms with Crippen LogP contribution in [0.1, 0.15) is 27.7 Å². The molecule has 0 unspecified atom stereocenters. The highest BCUT2D eigenvalue weighted by molar-refractivity contribution is 6.03. The van der Waals surface area contributed by atoms with E-state index in [1.807, 2.05) is 39.8 Å². The third-order valence-electron chi connectivity index (χ3n) is 1.68. The van der Waals surface area contributed by atoms with E-state index >= 15 is 0 Å². The smallest absolute Gasteiger partial charge is 0.126 e. The predicted octanol–water partition coefficient (Wildman–Crippen LogP) is 2.83. The number of aliphatic imine (C=N–C) groups is 1. The maximum atomic E-state index is 5.65. The lowest BCUT2D eigenvalue weighted by molar-refractivity contribution is 1.23. The molecule has 1 heterocycles. The van der Waals surface area contributed by atoms with E-state index in [1.54, 1.807) is 0 Å². The third-order valence-corrected chi connectivity index (χ3v) is 1.68. The summed E-state index contributed by atoms with van der Waals surface area (Å²) in [7, 11) is 0. The van der Waals surface area contributed by atoms with E-state index in [9.17, 15) is 0 Å². The Bertz CT molecular complexity index is 289. The average Bonchev–Trinajstić information content (AvgIpc) is 2.47. The van der Waals surface area contributed by atoms with Gasteiger partial charge in [-0.25, -0.2) is 0 Å². The molecule has 0 aromatic heterocycles. The first-order valence-corrected chi connectivity index (χ1v) is 4.95. The monoisotopic (exact) mass is 192 g/mol. The van der Waals surface area contributed by atoms with Crippen molar-refractivity contribution in [2.45, 2.75) is 27.7 Å². The van der Waals surface area contributed by atoms with E-state index in [0.717, 1.165) is 11.1 Å². The minimum atomic E-state index is 0.609. The fraction of sp³-hybridized carbons (Fsp3) is 0.417. The minimum absolute atomic E-state index is 0.609. The van der Waals surface area contributed by atoms with Crippen molar-refractivity contribution in [1.29, 1.82) is 0 Å². The van der Waals surface area contributed by atoms with Crippen molar-refractivity contribution in [2.75, 3.05) is 6.54 Å². The molecular formula is C12H20N2. The number of amidine groups is 1. The first-order chi connectivity index (χ1) is 6.61. The van der Waals surface area contributed by atoms with Gasteiger partial charge in [0.15, 0.2) is 0 Å². The lowest BCUT2D eigenvalue weighted by atomic mass is 10.1. The lowest BCUT2D eigenvalue weighted by Gasteiger charge is -1.96. The number of rotatable bonds is 1. The van der Waals surface area contributed by atoms with Crippen LogP contribution in [0.4, 0.5) is 0 Å². The summed E-state index contributed by atoms with van der Waals surface area (Å²) in [5, 5.41) is 0. The van der Waals surface area contributed by atoms with Crippen molar-refractivity contribution < 1.29 is 0 Å². The van der Waals surface area contributed by atoms with Crippen molar-refractivity contribution in [3.8, 4) is 0 Å². The van der Waals surface area contributed by atoms with Crippen molar-refractivity contribution >= 4 is 5.84 Å². The molecule has 0 amide bonds. The molecule has 0 saturated heterocycles. The molecule has 78 valence electrons. The number of hydrogen-bond acceptors (Lipinski definition) is 2. The summed E-state index contributed by atoms with van der Waals surface area (Å²) in [4.78, 5) is 4.07. The van der Waals surface area contributed by atoms with Crippen LogP contribution in [0.3, 0.4) is 0 Å². The molecule has 0 atom stereocenters. The van der Waals surface area contributed by atoms with Crippen molar-refractivity contribution in [1.82, 2.24) is 0 Å². The van der Waals surface area contributed by atoms with E-state index in [0.29, 0.717) is 12.4 Å². The van der Waals surface area contributed by atoms with Gasteiger partial charge in [-0.05, 0) is 19.4 Å². The normalized spacial score (nSPS) is 17.3. The topological polar surface area (TPSA) is 38.4 Å². The Morgan fingerprint density at radius 2 is 2.00 bits per heavy atom. The zero-order chi connectivity index (χ0) is 11.1. The Hall–Kier alpha value is -1.31. The van der Waals surface area contributed by atoms with E-state index in [2.05, 4.69) is 11.6 Å². The van der Waals surface area contributed by atoms with Gasteiger partial charge in [0.25, 0.3) is 0 Å². The molecule has 0 radical (unpaired) electrons. The Kier molecular flexibility index (Phi) is 5.61. The standard InChI is InChI=1S/C10H14N2.C2H6/c1-7(2)4-5-9-8(3)6-12-10(9)11;1-2/h4-5H,3,6H2,1-2H3,(H2,11,12);1-2H3/b9-5+;. The van der Waals surface area contributed by atoms with Crippen LogP contribution < -0.4 is 5.73 Å². The minimum Gasteiger partial charge on any atom is -0.383 e. The first-order valence-electron chi connectivity index (χ1n) is 4.95. The molecule has 0 spiro atoms. The highest BCUT2D eigenvalue weighted by Gasteiger charge is 2.12. The summed E-state index contributed by atoms with van der Waals surface area (Å²) in [6.07, 6.45) is 4.00. The summed E-state index contributed by atoms with van der Waals surface area (Å²) < 4.78 is 0. The molecule has 2 nitrogen and oxygen atoms in total. The first kappa shape index (κ1) is 12.7. The van der Waals surface area contributed by atoms with Gasteiger partial charge < -0.3 is 5.73 Å². The molecule has 0 bridgehead atoms. The van der Waals surface area contributed by atoms with E-state index in [-0.39, 0.29) is 0 Å². The Balaban J connectivity index is 0.000000791. The van der Waals surface area contributed by atoms with E-state index < -0.39 is 0 Å². The Morgan fingerprint density at radius 3 is 2.36 bits per heavy atom. The van der Waals surface area contributed by atoms with Crippen LogP contribution >= 0.6 is 0 Å². The molecule has 0 aromatic rings. The van der Waals surface area contributed by atoms with Crippen LogP contribution in [0.2, 0.25) is 0 Å². The van der Waals surface area contributed by atoms with Gasteiger partial charge in [-0.3, -0.25) is 4.99 Å². The average molecular weight is 192 g/mol. The quantitative estimate of drug-likeness (QED) is 0.681. The van der Waals surface area contributed by atoms with Crippen molar-refractivity contribution in [3.05, 3.63) is 35.5 Å². The van der Waals surface area contributed by atoms with Crippen molar-refractivity contribution in [3.63, 3.8) is 0 Å². The Morgan fingerprint density at radius 1 is 1.43 bits per heavy atom. The fourth-order valence-corrected chi connectivity index (χ4v) is 0.985. The van der Waals surface area contributed by atoms with Gasteiger partial charge >= 0.3 is 0 Å². The number of nitrogens with two attached hydrogens (primary N) is 1. The van der Waals surface area contributed by atoms with Gasteiger partial charge in [-0.15, -0.1) is 0 Å². The number of allylic oxidation sites excluding steroid dienone is 3. The summed E-state index contributed by atoms with van der Waals surface area (Å²) in [6, 6.07) is 0. The van der Waals surface area contributed by atoms with E-state index in [1.165, 1.54) is 5.57 Å². The summed E-state index contributed by atoms with van der Waals surface area (Å²) >= 11 is 0. The molecular weight excluding hydrogens is 172 g/mol. The Labute approximate surface area is 86.9 Å². The van der Waals surface area contributed by atoms with Crippen LogP contribution in [-0.2, 0) is 0 Å². The maximum Gasteiger partial charge on any atom is 0.126 e. The van der Waals surface area contributed by atoms with Crippen LogP contribution in [0.5, 0.6) is 0 Å². The third kappa shape index (κ3) is 3.60. The van der Waals surface area contributed by atoms with Crippen LogP contribution in [0.25, 0.3) is 0 Å². The summed E-state index contributed by atoms with van der Waals surface area (Å²) in [5.41, 5.74) is 8.88. The zero-order valence-corrected chi connectivity index (χ0v) is 9.59. The van der Waals surface area contributed by atoms with Gasteiger partial charge in [0.2, 0.25) is 0 Å². The molecule has 0 saturated carbocycles. The summed E-state index contributed by atoms with van der Waals surface area (Å²) in [5.74, 6) is 0.609. The van der Waals surface area contributed by atoms with Gasteiger partial charge in [-0.1, -0.05) is 38.2 Å². The maximum absolute atomic E-state index is 5.65. The van der Waals surface area contributed by atoms with Gasteiger partial charge in [0.1, 0.15) is 5.84 Å². The van der Waals surface area contributed by atoms with Crippen LogP contribution in [0.15, 0.2) is 40.4 Å². The second-order valence-corrected chi connectivity index (χ2v) is 3.13. The number of nitrogens with zero attached hydrogens (tertiary/aromatic N) is 1. The predicted molar refractivity (Wildman–Crippen MR) is 64.5 cm³/mol. The van der Waals surface area contributed by atoms with Gasteiger partial charge in [0.05, 0.1) is 6.54 Å². The molecule has 0 fully saturated rings. The highest BCUT2D eigenvalue weighted by Crippen LogP contribution is 2.15. The SMILES string of the molecule is C=C1CN=C(N)/C1=C/C=C(C)C.CC. The van der Waals surface area contributed by atoms with Crippen molar-refractivity contribution in [2.24, 2.45) is 10.7 Å². The zero-order valence-electron chi connectivity index (χ0n) is 9.59. The van der Waals surface area contributed by atoms with Gasteiger partial charge in [-0.2, -0.15) is 0 Å². The molecule has 14 heavy (non-hydrogen) atoms. The molecule has 1 rings (SSSR count). The van der Waals surface area contributed by atoms with Crippen LogP contribution in [0, 0.1) is 0 Å². The fourth-order valence-electron chi connectivity index (χ4n) is 0.985. The molecule has 2 heteroatoms. The second-order valence-electron chi connectivity index (χ2n) is 3.13. The van der Waals surface area contributed by atoms with Gasteiger partial charge in [0, 0.05) is 5.57 Å². The molecule has 2 N–H and O–H groups in total. The largest absolute Gasteiger partial charge is 0.383 e. The molecule has 0 aliphatic carbocycles. The van der Waals surface area contributed by atoms with E-state index in [4.69, 9.17) is 5.73 Å². The molecule has 1 aliphatic rings.